The highest BCUT2D eigenvalue weighted by atomic mass is 32.2. The second-order valence-corrected chi connectivity index (χ2v) is 8.71. The van der Waals surface area contributed by atoms with Gasteiger partial charge in [0.25, 0.3) is 10.0 Å². The van der Waals surface area contributed by atoms with E-state index in [2.05, 4.69) is 14.6 Å². The zero-order valence-corrected chi connectivity index (χ0v) is 15.9. The fourth-order valence-electron chi connectivity index (χ4n) is 2.79. The van der Waals surface area contributed by atoms with E-state index in [1.165, 1.54) is 35.6 Å². The van der Waals surface area contributed by atoms with Crippen molar-refractivity contribution in [1.29, 1.82) is 5.26 Å². The predicted octanol–water partition coefficient (Wildman–Crippen LogP) is 2.81. The second-order valence-electron chi connectivity index (χ2n) is 6.02. The monoisotopic (exact) mass is 400 g/mol. The van der Waals surface area contributed by atoms with Crippen molar-refractivity contribution in [2.24, 2.45) is 0 Å². The number of nitriles is 1. The van der Waals surface area contributed by atoms with Gasteiger partial charge in [-0.3, -0.25) is 4.72 Å². The fourth-order valence-corrected chi connectivity index (χ4v) is 4.89. The van der Waals surface area contributed by atoms with Gasteiger partial charge in [0.15, 0.2) is 5.13 Å². The smallest absolute Gasteiger partial charge is 0.261 e. The van der Waals surface area contributed by atoms with Crippen LogP contribution >= 0.6 is 11.3 Å². The number of ether oxygens (including phenoxy) is 1. The van der Waals surface area contributed by atoms with Crippen molar-refractivity contribution in [3.63, 3.8) is 0 Å². The highest BCUT2D eigenvalue weighted by Crippen LogP contribution is 2.31. The predicted molar refractivity (Wildman–Crippen MR) is 105 cm³/mol. The van der Waals surface area contributed by atoms with Gasteiger partial charge in [-0.15, -0.1) is 0 Å². The number of sulfonamides is 1. The summed E-state index contributed by atoms with van der Waals surface area (Å²) < 4.78 is 34.0. The number of rotatable bonds is 4. The normalized spacial score (nSPS) is 14.9. The largest absolute Gasteiger partial charge is 0.378 e. The van der Waals surface area contributed by atoms with Crippen LogP contribution in [0.1, 0.15) is 5.56 Å². The molecule has 1 aromatic heterocycles. The van der Waals surface area contributed by atoms with Crippen molar-refractivity contribution in [3.8, 4) is 6.07 Å². The molecule has 138 valence electrons. The van der Waals surface area contributed by atoms with E-state index < -0.39 is 10.0 Å². The van der Waals surface area contributed by atoms with Crippen molar-refractivity contribution in [3.05, 3.63) is 48.0 Å². The summed E-state index contributed by atoms with van der Waals surface area (Å²) >= 11 is 1.53. The molecule has 4 rings (SSSR count). The van der Waals surface area contributed by atoms with Crippen LogP contribution in [-0.2, 0) is 14.8 Å². The highest BCUT2D eigenvalue weighted by molar-refractivity contribution is 7.92. The Morgan fingerprint density at radius 3 is 2.59 bits per heavy atom. The van der Waals surface area contributed by atoms with Gasteiger partial charge in [-0.2, -0.15) is 5.26 Å². The average molecular weight is 400 g/mol. The molecule has 0 unspecified atom stereocenters. The number of thiazole rings is 1. The molecule has 9 heteroatoms. The molecule has 1 aliphatic rings. The van der Waals surface area contributed by atoms with E-state index in [0.29, 0.717) is 24.5 Å². The molecule has 0 bridgehead atoms. The molecule has 0 saturated carbocycles. The van der Waals surface area contributed by atoms with Gasteiger partial charge in [0.1, 0.15) is 0 Å². The minimum absolute atomic E-state index is 0.111. The quantitative estimate of drug-likeness (QED) is 0.724. The molecule has 1 N–H and O–H groups in total. The molecule has 1 fully saturated rings. The summed E-state index contributed by atoms with van der Waals surface area (Å²) in [5, 5.41) is 9.75. The Hall–Kier alpha value is -2.67. The van der Waals surface area contributed by atoms with Gasteiger partial charge in [0, 0.05) is 13.1 Å². The molecule has 2 aromatic carbocycles. The Morgan fingerprint density at radius 2 is 1.89 bits per heavy atom. The molecule has 2 heterocycles. The Morgan fingerprint density at radius 1 is 1.15 bits per heavy atom. The third-order valence-corrected chi connectivity index (χ3v) is 6.68. The molecule has 7 nitrogen and oxygen atoms in total. The van der Waals surface area contributed by atoms with Crippen LogP contribution in [0.25, 0.3) is 10.2 Å². The maximum Gasteiger partial charge on any atom is 0.261 e. The number of nitrogens with one attached hydrogen (secondary N) is 1. The van der Waals surface area contributed by atoms with Gasteiger partial charge in [0.05, 0.1) is 45.6 Å². The number of hydrogen-bond donors (Lipinski definition) is 1. The first-order valence-corrected chi connectivity index (χ1v) is 10.6. The van der Waals surface area contributed by atoms with E-state index in [9.17, 15) is 8.42 Å². The maximum atomic E-state index is 12.6. The van der Waals surface area contributed by atoms with E-state index >= 15 is 0 Å². The first-order valence-electron chi connectivity index (χ1n) is 8.31. The molecule has 0 aliphatic carbocycles. The van der Waals surface area contributed by atoms with Crippen molar-refractivity contribution < 1.29 is 13.2 Å². The van der Waals surface area contributed by atoms with Gasteiger partial charge in [-0.05, 0) is 42.5 Å². The zero-order valence-electron chi connectivity index (χ0n) is 14.3. The lowest BCUT2D eigenvalue weighted by molar-refractivity contribution is 0.122. The van der Waals surface area contributed by atoms with Gasteiger partial charge < -0.3 is 9.64 Å². The SMILES string of the molecule is N#Cc1ccc(S(=O)(=O)Nc2ccc3nc(N4CCOCC4)sc3c2)cc1. The molecule has 0 atom stereocenters. The average Bonchev–Trinajstić information content (AvgIpc) is 3.12. The molecular weight excluding hydrogens is 384 g/mol. The fraction of sp³-hybridized carbons (Fsp3) is 0.222. The number of benzene rings is 2. The van der Waals surface area contributed by atoms with Crippen LogP contribution in [0.2, 0.25) is 0 Å². The lowest BCUT2D eigenvalue weighted by Gasteiger charge is -2.25. The summed E-state index contributed by atoms with van der Waals surface area (Å²) in [5.41, 5.74) is 1.72. The Balaban J connectivity index is 1.58. The Labute approximate surface area is 160 Å². The molecule has 1 aliphatic heterocycles. The van der Waals surface area contributed by atoms with E-state index in [1.807, 2.05) is 12.1 Å². The van der Waals surface area contributed by atoms with E-state index in [-0.39, 0.29) is 4.90 Å². The molecule has 3 aromatic rings. The summed E-state index contributed by atoms with van der Waals surface area (Å²) in [7, 11) is -3.72. The van der Waals surface area contributed by atoms with Crippen LogP contribution in [0.4, 0.5) is 10.8 Å². The summed E-state index contributed by atoms with van der Waals surface area (Å²) in [6.45, 7) is 2.98. The van der Waals surface area contributed by atoms with Crippen LogP contribution < -0.4 is 9.62 Å². The number of morpholine rings is 1. The number of nitrogens with zero attached hydrogens (tertiary/aromatic N) is 3. The molecule has 0 spiro atoms. The zero-order chi connectivity index (χ0) is 18.9. The lowest BCUT2D eigenvalue weighted by Crippen LogP contribution is -2.36. The summed E-state index contributed by atoms with van der Waals surface area (Å²) in [5.74, 6) is 0. The van der Waals surface area contributed by atoms with Crippen molar-refractivity contribution >= 4 is 42.4 Å². The maximum absolute atomic E-state index is 12.6. The summed E-state index contributed by atoms with van der Waals surface area (Å²) in [6, 6.07) is 13.1. The van der Waals surface area contributed by atoms with Crippen molar-refractivity contribution in [1.82, 2.24) is 4.98 Å². The molecule has 0 amide bonds. The van der Waals surface area contributed by atoms with Gasteiger partial charge in [-0.1, -0.05) is 11.3 Å². The van der Waals surface area contributed by atoms with E-state index in [0.717, 1.165) is 28.4 Å². The molecular formula is C18H16N4O3S2. The molecule has 1 saturated heterocycles. The topological polar surface area (TPSA) is 95.3 Å². The number of hydrogen-bond acceptors (Lipinski definition) is 7. The Kier molecular flexibility index (Phi) is 4.70. The minimum atomic E-state index is -3.72. The highest BCUT2D eigenvalue weighted by Gasteiger charge is 2.17. The second kappa shape index (κ2) is 7.15. The van der Waals surface area contributed by atoms with Gasteiger partial charge >= 0.3 is 0 Å². The van der Waals surface area contributed by atoms with Crippen LogP contribution in [0, 0.1) is 11.3 Å². The van der Waals surface area contributed by atoms with E-state index in [4.69, 9.17) is 10.00 Å². The number of fused-ring (bicyclic) bond motifs is 1. The Bertz CT molecular complexity index is 1110. The minimum Gasteiger partial charge on any atom is -0.378 e. The van der Waals surface area contributed by atoms with Crippen molar-refractivity contribution in [2.45, 2.75) is 4.90 Å². The standard InChI is InChI=1S/C18H16N4O3S2/c19-12-13-1-4-15(5-2-13)27(23,24)21-14-3-6-16-17(11-14)26-18(20-16)22-7-9-25-10-8-22/h1-6,11,21H,7-10H2. The summed E-state index contributed by atoms with van der Waals surface area (Å²) in [6.07, 6.45) is 0. The number of anilines is 2. The number of aromatic nitrogens is 1. The summed E-state index contributed by atoms with van der Waals surface area (Å²) in [4.78, 5) is 6.92. The first kappa shape index (κ1) is 17.7. The molecule has 27 heavy (non-hydrogen) atoms. The first-order chi connectivity index (χ1) is 13.0. The van der Waals surface area contributed by atoms with Crippen LogP contribution in [0.15, 0.2) is 47.4 Å². The van der Waals surface area contributed by atoms with E-state index in [1.54, 1.807) is 12.1 Å². The third-order valence-electron chi connectivity index (χ3n) is 4.20. The van der Waals surface area contributed by atoms with Gasteiger partial charge in [-0.25, -0.2) is 13.4 Å². The van der Waals surface area contributed by atoms with Gasteiger partial charge in [0.2, 0.25) is 0 Å². The van der Waals surface area contributed by atoms with Crippen LogP contribution in [0.5, 0.6) is 0 Å². The van der Waals surface area contributed by atoms with Crippen LogP contribution in [-0.4, -0.2) is 39.7 Å². The third kappa shape index (κ3) is 3.73. The van der Waals surface area contributed by atoms with Crippen molar-refractivity contribution in [2.75, 3.05) is 35.9 Å². The lowest BCUT2D eigenvalue weighted by atomic mass is 10.2. The molecule has 0 radical (unpaired) electrons. The van der Waals surface area contributed by atoms with Crippen LogP contribution in [0.3, 0.4) is 0 Å².